The predicted octanol–water partition coefficient (Wildman–Crippen LogP) is 8.53. The molecule has 0 spiro atoms. The number of nitrogens with one attached hydrogen (secondary N) is 2. The van der Waals surface area contributed by atoms with E-state index in [-0.39, 0.29) is 28.6 Å². The Morgan fingerprint density at radius 2 is 1.27 bits per heavy atom. The first-order chi connectivity index (χ1) is 19.7. The van der Waals surface area contributed by atoms with E-state index in [0.717, 1.165) is 58.0 Å². The molecule has 2 atom stereocenters. The zero-order valence-electron chi connectivity index (χ0n) is 26.0. The Kier molecular flexibility index (Phi) is 12.4. The Hall–Kier alpha value is -3.15. The number of carbonyl (C=O) groups excluding carboxylic acids is 3. The van der Waals surface area contributed by atoms with Gasteiger partial charge in [-0.1, -0.05) is 80.1 Å². The number of anilines is 2. The maximum atomic E-state index is 14.1. The topological polar surface area (TPSA) is 84.5 Å². The number of hydrogen-bond acceptors (Lipinski definition) is 6. The van der Waals surface area contributed by atoms with E-state index in [0.29, 0.717) is 46.5 Å². The minimum Gasteiger partial charge on any atom is -0.462 e. The van der Waals surface area contributed by atoms with E-state index in [9.17, 15) is 14.4 Å². The van der Waals surface area contributed by atoms with Gasteiger partial charge in [-0.15, -0.1) is 0 Å². The summed E-state index contributed by atoms with van der Waals surface area (Å²) in [6.07, 6.45) is 8.98. The first-order valence-electron chi connectivity index (χ1n) is 15.8. The molecule has 0 saturated carbocycles. The van der Waals surface area contributed by atoms with Crippen molar-refractivity contribution in [2.45, 2.75) is 92.9 Å². The molecule has 1 aliphatic rings. The molecule has 6 nitrogen and oxygen atoms in total. The fraction of sp³-hybridized carbons (Fsp3) is 0.571. The molecule has 0 fully saturated rings. The maximum Gasteiger partial charge on any atom is 0.338 e. The van der Waals surface area contributed by atoms with Gasteiger partial charge < -0.3 is 15.4 Å². The van der Waals surface area contributed by atoms with Crippen molar-refractivity contribution in [3.05, 3.63) is 58.1 Å². The van der Waals surface area contributed by atoms with E-state index in [1.54, 1.807) is 12.1 Å². The van der Waals surface area contributed by atoms with Crippen molar-refractivity contribution in [2.24, 2.45) is 17.8 Å². The fourth-order valence-electron chi connectivity index (χ4n) is 5.42. The summed E-state index contributed by atoms with van der Waals surface area (Å²) in [7, 11) is 0. The first kappa shape index (κ1) is 32.4. The Morgan fingerprint density at radius 1 is 0.756 bits per heavy atom. The Morgan fingerprint density at radius 3 is 1.73 bits per heavy atom. The third-order valence-corrected chi connectivity index (χ3v) is 8.20. The van der Waals surface area contributed by atoms with Gasteiger partial charge in [-0.25, -0.2) is 4.79 Å². The number of esters is 1. The molecule has 0 bridgehead atoms. The SMILES string of the molecule is CCCCC(CC)CNc1ccc(NCC(CC)CCCC)c2c1C(=O)c1ccc(C(=O)OCC(C)C)cc1C2=O. The smallest absolute Gasteiger partial charge is 0.338 e. The number of carbonyl (C=O) groups is 3. The van der Waals surface area contributed by atoms with Crippen LogP contribution in [0.4, 0.5) is 11.4 Å². The van der Waals surface area contributed by atoms with Gasteiger partial charge in [0.25, 0.3) is 0 Å². The number of ether oxygens (including phenoxy) is 1. The van der Waals surface area contributed by atoms with Crippen LogP contribution in [-0.4, -0.2) is 37.2 Å². The number of ketones is 2. The van der Waals surface area contributed by atoms with Gasteiger partial charge in [0.1, 0.15) is 0 Å². The van der Waals surface area contributed by atoms with E-state index in [1.165, 1.54) is 12.5 Å². The molecule has 0 aliphatic heterocycles. The highest BCUT2D eigenvalue weighted by atomic mass is 16.5. The van der Waals surface area contributed by atoms with Gasteiger partial charge in [0.2, 0.25) is 0 Å². The first-order valence-corrected chi connectivity index (χ1v) is 15.8. The number of fused-ring (bicyclic) bond motifs is 2. The van der Waals surface area contributed by atoms with Crippen LogP contribution in [0, 0.1) is 17.8 Å². The minimum atomic E-state index is -0.485. The standard InChI is InChI=1S/C35H50N2O4/c1-7-11-13-24(9-3)20-36-29-17-18-30(37-21-25(10-4)14-12-8-2)32-31(29)33(38)27-16-15-26(19-28(27)34(32)39)35(40)41-22-23(5)6/h15-19,23-25,36-37H,7-14,20-22H2,1-6H3. The van der Waals surface area contributed by atoms with Crippen molar-refractivity contribution in [2.75, 3.05) is 30.3 Å². The maximum absolute atomic E-state index is 14.1. The molecule has 2 aromatic carbocycles. The molecular formula is C35H50N2O4. The number of unbranched alkanes of at least 4 members (excludes halogenated alkanes) is 2. The normalized spacial score (nSPS) is 13.9. The highest BCUT2D eigenvalue weighted by Crippen LogP contribution is 2.37. The molecule has 1 aliphatic carbocycles. The molecule has 2 N–H and O–H groups in total. The van der Waals surface area contributed by atoms with E-state index < -0.39 is 5.97 Å². The molecule has 2 unspecified atom stereocenters. The summed E-state index contributed by atoms with van der Waals surface area (Å²) in [5, 5.41) is 7.05. The Labute approximate surface area is 247 Å². The quantitative estimate of drug-likeness (QED) is 0.160. The molecular weight excluding hydrogens is 512 g/mol. The van der Waals surface area contributed by atoms with Crippen molar-refractivity contribution in [1.82, 2.24) is 0 Å². The van der Waals surface area contributed by atoms with Gasteiger partial charge in [-0.05, 0) is 60.9 Å². The lowest BCUT2D eigenvalue weighted by Crippen LogP contribution is -2.26. The van der Waals surface area contributed by atoms with Gasteiger partial charge in [-0.2, -0.15) is 0 Å². The van der Waals surface area contributed by atoms with Gasteiger partial charge >= 0.3 is 5.97 Å². The van der Waals surface area contributed by atoms with E-state index in [2.05, 4.69) is 38.3 Å². The summed E-state index contributed by atoms with van der Waals surface area (Å²) in [5.41, 5.74) is 3.06. The third-order valence-electron chi connectivity index (χ3n) is 8.20. The summed E-state index contributed by atoms with van der Waals surface area (Å²) in [6, 6.07) is 8.58. The van der Waals surface area contributed by atoms with Crippen molar-refractivity contribution < 1.29 is 19.1 Å². The summed E-state index contributed by atoms with van der Waals surface area (Å²) in [6.45, 7) is 14.5. The molecule has 3 rings (SSSR count). The van der Waals surface area contributed by atoms with Crippen LogP contribution in [0.25, 0.3) is 0 Å². The molecule has 2 aromatic rings. The molecule has 0 heterocycles. The summed E-state index contributed by atoms with van der Waals surface area (Å²) < 4.78 is 5.40. The average molecular weight is 563 g/mol. The van der Waals surface area contributed by atoms with E-state index >= 15 is 0 Å². The van der Waals surface area contributed by atoms with Crippen molar-refractivity contribution in [3.63, 3.8) is 0 Å². The Bertz CT molecular complexity index is 1200. The lowest BCUT2D eigenvalue weighted by Gasteiger charge is -2.26. The van der Waals surface area contributed by atoms with Crippen LogP contribution in [0.5, 0.6) is 0 Å². The monoisotopic (exact) mass is 562 g/mol. The predicted molar refractivity (Wildman–Crippen MR) is 168 cm³/mol. The lowest BCUT2D eigenvalue weighted by molar-refractivity contribution is 0.0458. The molecule has 0 radical (unpaired) electrons. The van der Waals surface area contributed by atoms with E-state index in [1.807, 2.05) is 26.0 Å². The largest absolute Gasteiger partial charge is 0.462 e. The van der Waals surface area contributed by atoms with Crippen LogP contribution in [0.1, 0.15) is 135 Å². The van der Waals surface area contributed by atoms with Gasteiger partial charge in [0, 0.05) is 35.6 Å². The van der Waals surface area contributed by atoms with Crippen molar-refractivity contribution in [1.29, 1.82) is 0 Å². The second kappa shape index (κ2) is 15.7. The summed E-state index contributed by atoms with van der Waals surface area (Å²) in [4.78, 5) is 40.8. The highest BCUT2D eigenvalue weighted by molar-refractivity contribution is 6.32. The molecule has 6 heteroatoms. The van der Waals surface area contributed by atoms with E-state index in [4.69, 9.17) is 4.74 Å². The number of rotatable bonds is 17. The van der Waals surface area contributed by atoms with Crippen LogP contribution in [0.3, 0.4) is 0 Å². The van der Waals surface area contributed by atoms with Crippen LogP contribution >= 0.6 is 0 Å². The number of hydrogen-bond donors (Lipinski definition) is 2. The van der Waals surface area contributed by atoms with Gasteiger partial charge in [0.15, 0.2) is 11.6 Å². The van der Waals surface area contributed by atoms with Crippen LogP contribution in [0.15, 0.2) is 30.3 Å². The highest BCUT2D eigenvalue weighted by Gasteiger charge is 2.35. The second-order valence-electron chi connectivity index (χ2n) is 11.9. The molecule has 0 saturated heterocycles. The second-order valence-corrected chi connectivity index (χ2v) is 11.9. The fourth-order valence-corrected chi connectivity index (χ4v) is 5.42. The zero-order chi connectivity index (χ0) is 29.9. The molecule has 224 valence electrons. The lowest BCUT2D eigenvalue weighted by atomic mass is 9.81. The van der Waals surface area contributed by atoms with Crippen molar-refractivity contribution in [3.8, 4) is 0 Å². The third kappa shape index (κ3) is 8.21. The van der Waals surface area contributed by atoms with Crippen LogP contribution in [-0.2, 0) is 4.74 Å². The number of benzene rings is 2. The Balaban J connectivity index is 2.00. The van der Waals surface area contributed by atoms with Crippen LogP contribution < -0.4 is 10.6 Å². The molecule has 0 aromatic heterocycles. The minimum absolute atomic E-state index is 0.192. The average Bonchev–Trinajstić information content (AvgIpc) is 2.98. The molecule has 0 amide bonds. The summed E-state index contributed by atoms with van der Waals surface area (Å²) >= 11 is 0. The van der Waals surface area contributed by atoms with Crippen LogP contribution in [0.2, 0.25) is 0 Å². The van der Waals surface area contributed by atoms with Gasteiger partial charge in [0.05, 0.1) is 23.3 Å². The van der Waals surface area contributed by atoms with Gasteiger partial charge in [-0.3, -0.25) is 9.59 Å². The van der Waals surface area contributed by atoms with Crippen molar-refractivity contribution >= 4 is 28.9 Å². The molecule has 41 heavy (non-hydrogen) atoms. The summed E-state index contributed by atoms with van der Waals surface area (Å²) in [5.74, 6) is 0.261. The zero-order valence-corrected chi connectivity index (χ0v) is 26.0.